The molecule has 0 aromatic carbocycles. The number of ether oxygens (including phenoxy) is 1. The van der Waals surface area contributed by atoms with Gasteiger partial charge in [0, 0.05) is 12.8 Å². The number of carboxylic acid groups (broad SMARTS) is 1. The molecule has 0 atom stereocenters. The van der Waals surface area contributed by atoms with Gasteiger partial charge in [-0.05, 0) is 77.0 Å². The molecule has 0 bridgehead atoms. The number of carbonyl (C=O) groups is 2. The maximum Gasteiger partial charge on any atom is 0.305 e. The summed E-state index contributed by atoms with van der Waals surface area (Å²) in [7, 11) is 1.45. The summed E-state index contributed by atoms with van der Waals surface area (Å²) in [6.07, 6.45) is 45.3. The largest absolute Gasteiger partial charge is 0.481 e. The number of methoxy groups -OCH3 is 1. The Kier molecular flexibility index (Phi) is 37.9. The van der Waals surface area contributed by atoms with Crippen LogP contribution in [0.25, 0.3) is 0 Å². The van der Waals surface area contributed by atoms with Crippen molar-refractivity contribution in [3.63, 3.8) is 0 Å². The van der Waals surface area contributed by atoms with E-state index in [0.29, 0.717) is 12.8 Å². The Morgan fingerprint density at radius 1 is 0.488 bits per heavy atom. The monoisotopic (exact) mass is 574 g/mol. The van der Waals surface area contributed by atoms with Crippen molar-refractivity contribution in [3.05, 3.63) is 48.6 Å². The van der Waals surface area contributed by atoms with E-state index in [1.54, 1.807) is 0 Å². The van der Waals surface area contributed by atoms with E-state index in [1.807, 2.05) is 0 Å². The molecule has 238 valence electrons. The van der Waals surface area contributed by atoms with E-state index in [2.05, 4.69) is 67.2 Å². The molecule has 0 saturated carbocycles. The van der Waals surface area contributed by atoms with Crippen molar-refractivity contribution in [1.29, 1.82) is 0 Å². The van der Waals surface area contributed by atoms with Crippen molar-refractivity contribution in [1.82, 2.24) is 0 Å². The van der Waals surface area contributed by atoms with E-state index in [4.69, 9.17) is 5.11 Å². The Morgan fingerprint density at radius 3 is 1.20 bits per heavy atom. The Balaban J connectivity index is 0. The van der Waals surface area contributed by atoms with Crippen molar-refractivity contribution in [2.75, 3.05) is 7.11 Å². The third kappa shape index (κ3) is 42.5. The first-order valence-corrected chi connectivity index (χ1v) is 17.0. The lowest BCUT2D eigenvalue weighted by Gasteiger charge is -1.99. The van der Waals surface area contributed by atoms with Crippen LogP contribution in [0.2, 0.25) is 0 Å². The topological polar surface area (TPSA) is 63.6 Å². The molecule has 0 aromatic rings. The minimum atomic E-state index is -0.671. The molecule has 4 nitrogen and oxygen atoms in total. The molecule has 0 fully saturated rings. The molecule has 0 spiro atoms. The maximum absolute atomic E-state index is 10.9. The Labute approximate surface area is 254 Å². The molecule has 0 aliphatic carbocycles. The summed E-state index contributed by atoms with van der Waals surface area (Å²) in [4.78, 5) is 21.2. The van der Waals surface area contributed by atoms with Gasteiger partial charge in [0.05, 0.1) is 7.11 Å². The Bertz CT molecular complexity index is 660. The minimum absolute atomic E-state index is 0.0827. The van der Waals surface area contributed by atoms with Gasteiger partial charge in [0.2, 0.25) is 0 Å². The number of allylic oxidation sites excluding steroid dienone is 8. The summed E-state index contributed by atoms with van der Waals surface area (Å²) < 4.78 is 4.62. The van der Waals surface area contributed by atoms with Crippen LogP contribution in [-0.4, -0.2) is 24.2 Å². The van der Waals surface area contributed by atoms with Gasteiger partial charge < -0.3 is 9.84 Å². The van der Waals surface area contributed by atoms with Gasteiger partial charge in [0.25, 0.3) is 0 Å². The van der Waals surface area contributed by atoms with E-state index in [-0.39, 0.29) is 5.97 Å². The van der Waals surface area contributed by atoms with E-state index >= 15 is 0 Å². The van der Waals surface area contributed by atoms with E-state index in [0.717, 1.165) is 44.9 Å². The van der Waals surface area contributed by atoms with Crippen LogP contribution in [0.3, 0.4) is 0 Å². The third-order valence-electron chi connectivity index (χ3n) is 6.90. The molecular formula is C37H66O4. The van der Waals surface area contributed by atoms with Crippen LogP contribution in [0.1, 0.15) is 168 Å². The van der Waals surface area contributed by atoms with Crippen LogP contribution in [0.4, 0.5) is 0 Å². The van der Waals surface area contributed by atoms with Gasteiger partial charge in [-0.1, -0.05) is 127 Å². The molecule has 0 unspecified atom stereocenters. The highest BCUT2D eigenvalue weighted by molar-refractivity contribution is 5.69. The highest BCUT2D eigenvalue weighted by Gasteiger charge is 1.98. The molecule has 41 heavy (non-hydrogen) atoms. The first kappa shape index (κ1) is 41.0. The lowest BCUT2D eigenvalue weighted by Crippen LogP contribution is -1.98. The zero-order valence-electron chi connectivity index (χ0n) is 27.3. The number of aliphatic carboxylic acids is 1. The van der Waals surface area contributed by atoms with Gasteiger partial charge in [-0.25, -0.2) is 0 Å². The number of esters is 1. The standard InChI is InChI=1S/C19H34O2.C18H32O2/c1-3-4-5-6-7-8-9-10-11-12-13-14-15-16-17-18-19(20)21-2;1-2-3-4-5-6-7-8-9-10-11-12-13-14-15-16-17-18(19)20/h7-8,10-11H,3-6,9,12-18H2,1-2H3;6-7,9-10H,2-5,8,11-17H2,1H3,(H,19,20)/b8-7-,11-10-;7-6-,10-9-. The lowest BCUT2D eigenvalue weighted by atomic mass is 10.1. The molecular weight excluding hydrogens is 508 g/mol. The maximum atomic E-state index is 10.9. The van der Waals surface area contributed by atoms with E-state index in [1.165, 1.54) is 103 Å². The molecule has 0 heterocycles. The quantitative estimate of drug-likeness (QED) is 0.0573. The Hall–Kier alpha value is -2.10. The lowest BCUT2D eigenvalue weighted by molar-refractivity contribution is -0.141. The summed E-state index contributed by atoms with van der Waals surface area (Å²) in [5.41, 5.74) is 0. The van der Waals surface area contributed by atoms with Crippen molar-refractivity contribution in [3.8, 4) is 0 Å². The van der Waals surface area contributed by atoms with Gasteiger partial charge in [0.1, 0.15) is 0 Å². The van der Waals surface area contributed by atoms with Crippen LogP contribution >= 0.6 is 0 Å². The molecule has 0 rings (SSSR count). The van der Waals surface area contributed by atoms with Gasteiger partial charge in [0.15, 0.2) is 0 Å². The second kappa shape index (κ2) is 37.9. The molecule has 1 N–H and O–H groups in total. The summed E-state index contributed by atoms with van der Waals surface area (Å²) in [6, 6.07) is 0. The highest BCUT2D eigenvalue weighted by atomic mass is 16.5. The summed E-state index contributed by atoms with van der Waals surface area (Å²) in [6.45, 7) is 4.48. The zero-order valence-corrected chi connectivity index (χ0v) is 27.3. The first-order chi connectivity index (χ1) is 20.1. The number of rotatable bonds is 28. The Morgan fingerprint density at radius 2 is 0.829 bits per heavy atom. The SMILES string of the molecule is CCCCC/C=C\C/C=C\CCCCCCCC(=O)O.CCCCC/C=C\C/C=C\CCCCCCCC(=O)OC. The highest BCUT2D eigenvalue weighted by Crippen LogP contribution is 2.09. The van der Waals surface area contributed by atoms with Crippen LogP contribution in [-0.2, 0) is 14.3 Å². The predicted molar refractivity (Wildman–Crippen MR) is 178 cm³/mol. The number of hydrogen-bond acceptors (Lipinski definition) is 3. The summed E-state index contributed by atoms with van der Waals surface area (Å²) in [5, 5.41) is 8.50. The average Bonchev–Trinajstić information content (AvgIpc) is 2.97. The predicted octanol–water partition coefficient (Wildman–Crippen LogP) is 11.9. The molecule has 0 aromatic heterocycles. The molecule has 0 radical (unpaired) electrons. The smallest absolute Gasteiger partial charge is 0.305 e. The molecule has 0 aliphatic rings. The second-order valence-corrected chi connectivity index (χ2v) is 10.9. The van der Waals surface area contributed by atoms with Crippen molar-refractivity contribution in [2.24, 2.45) is 0 Å². The number of carboxylic acids is 1. The van der Waals surface area contributed by atoms with Crippen LogP contribution in [0.15, 0.2) is 48.6 Å². The molecule has 4 heteroatoms. The van der Waals surface area contributed by atoms with Crippen molar-refractivity contribution >= 4 is 11.9 Å². The fourth-order valence-corrected chi connectivity index (χ4v) is 4.27. The molecule has 0 saturated heterocycles. The normalized spacial score (nSPS) is 11.6. The number of unbranched alkanes of at least 4 members (excludes halogenated alkanes) is 16. The average molecular weight is 575 g/mol. The summed E-state index contributed by atoms with van der Waals surface area (Å²) >= 11 is 0. The third-order valence-corrected chi connectivity index (χ3v) is 6.90. The molecule has 0 amide bonds. The van der Waals surface area contributed by atoms with Gasteiger partial charge >= 0.3 is 11.9 Å². The summed E-state index contributed by atoms with van der Waals surface area (Å²) in [5.74, 6) is -0.753. The van der Waals surface area contributed by atoms with E-state index in [9.17, 15) is 9.59 Å². The number of carbonyl (C=O) groups excluding carboxylic acids is 1. The zero-order chi connectivity index (χ0) is 30.5. The van der Waals surface area contributed by atoms with Crippen molar-refractivity contribution in [2.45, 2.75) is 168 Å². The first-order valence-electron chi connectivity index (χ1n) is 17.0. The number of hydrogen-bond donors (Lipinski definition) is 1. The fourth-order valence-electron chi connectivity index (χ4n) is 4.27. The van der Waals surface area contributed by atoms with Gasteiger partial charge in [-0.15, -0.1) is 0 Å². The molecule has 0 aliphatic heterocycles. The van der Waals surface area contributed by atoms with Crippen LogP contribution < -0.4 is 0 Å². The van der Waals surface area contributed by atoms with Gasteiger partial charge in [-0.2, -0.15) is 0 Å². The van der Waals surface area contributed by atoms with Crippen LogP contribution in [0, 0.1) is 0 Å². The van der Waals surface area contributed by atoms with E-state index < -0.39 is 5.97 Å². The minimum Gasteiger partial charge on any atom is -0.481 e. The van der Waals surface area contributed by atoms with Gasteiger partial charge in [-0.3, -0.25) is 9.59 Å². The van der Waals surface area contributed by atoms with Crippen LogP contribution in [0.5, 0.6) is 0 Å². The van der Waals surface area contributed by atoms with Crippen molar-refractivity contribution < 1.29 is 19.4 Å². The second-order valence-electron chi connectivity index (χ2n) is 10.9. The fraction of sp³-hybridized carbons (Fsp3) is 0.730.